The Morgan fingerprint density at radius 2 is 1.86 bits per heavy atom. The SMILES string of the molecule is CSc1nc2c(c(=O)n1CC(=O)N1CCCCCC1)CCC2. The van der Waals surface area contributed by atoms with E-state index in [-0.39, 0.29) is 18.0 Å². The van der Waals surface area contributed by atoms with Crippen LogP contribution in [0.4, 0.5) is 0 Å². The molecule has 1 aliphatic carbocycles. The quantitative estimate of drug-likeness (QED) is 0.630. The molecular weight excluding hydrogens is 298 g/mol. The molecule has 6 heteroatoms. The maximum absolute atomic E-state index is 12.7. The van der Waals surface area contributed by atoms with E-state index in [1.807, 2.05) is 11.2 Å². The second kappa shape index (κ2) is 6.86. The van der Waals surface area contributed by atoms with Crippen LogP contribution >= 0.6 is 11.8 Å². The van der Waals surface area contributed by atoms with Crippen LogP contribution in [0.2, 0.25) is 0 Å². The second-order valence-corrected chi connectivity index (χ2v) is 6.84. The lowest BCUT2D eigenvalue weighted by Crippen LogP contribution is -2.38. The van der Waals surface area contributed by atoms with Crippen molar-refractivity contribution in [2.45, 2.75) is 56.6 Å². The van der Waals surface area contributed by atoms with E-state index in [0.717, 1.165) is 56.5 Å². The zero-order valence-corrected chi connectivity index (χ0v) is 14.0. The maximum atomic E-state index is 12.7. The fourth-order valence-electron chi connectivity index (χ4n) is 3.36. The van der Waals surface area contributed by atoms with Crippen LogP contribution in [0.15, 0.2) is 9.95 Å². The Morgan fingerprint density at radius 1 is 1.14 bits per heavy atom. The Kier molecular flexibility index (Phi) is 4.86. The summed E-state index contributed by atoms with van der Waals surface area (Å²) in [6.45, 7) is 1.77. The summed E-state index contributed by atoms with van der Waals surface area (Å²) in [5.41, 5.74) is 1.75. The van der Waals surface area contributed by atoms with Crippen molar-refractivity contribution in [2.75, 3.05) is 19.3 Å². The molecule has 3 rings (SSSR count). The van der Waals surface area contributed by atoms with E-state index in [9.17, 15) is 9.59 Å². The van der Waals surface area contributed by atoms with Crippen molar-refractivity contribution in [3.8, 4) is 0 Å². The Hall–Kier alpha value is -1.30. The van der Waals surface area contributed by atoms with Crippen LogP contribution < -0.4 is 5.56 Å². The van der Waals surface area contributed by atoms with Crippen LogP contribution in [0.5, 0.6) is 0 Å². The van der Waals surface area contributed by atoms with Crippen molar-refractivity contribution >= 4 is 17.7 Å². The lowest BCUT2D eigenvalue weighted by Gasteiger charge is -2.21. The summed E-state index contributed by atoms with van der Waals surface area (Å²) in [5, 5.41) is 0.675. The van der Waals surface area contributed by atoms with Crippen molar-refractivity contribution in [3.05, 3.63) is 21.6 Å². The van der Waals surface area contributed by atoms with Crippen LogP contribution in [0.25, 0.3) is 0 Å². The number of hydrogen-bond donors (Lipinski definition) is 0. The highest BCUT2D eigenvalue weighted by atomic mass is 32.2. The summed E-state index contributed by atoms with van der Waals surface area (Å²) >= 11 is 1.45. The summed E-state index contributed by atoms with van der Waals surface area (Å²) in [6, 6.07) is 0. The number of carbonyl (C=O) groups is 1. The van der Waals surface area contributed by atoms with Gasteiger partial charge in [-0.1, -0.05) is 24.6 Å². The van der Waals surface area contributed by atoms with E-state index < -0.39 is 0 Å². The molecule has 0 atom stereocenters. The summed E-state index contributed by atoms with van der Waals surface area (Å²) in [6.07, 6.45) is 9.12. The zero-order chi connectivity index (χ0) is 15.5. The molecule has 22 heavy (non-hydrogen) atoms. The van der Waals surface area contributed by atoms with Crippen molar-refractivity contribution in [2.24, 2.45) is 0 Å². The number of nitrogens with zero attached hydrogens (tertiary/aromatic N) is 3. The first-order chi connectivity index (χ1) is 10.7. The molecule has 1 fully saturated rings. The number of aromatic nitrogens is 2. The molecule has 0 radical (unpaired) electrons. The molecule has 0 N–H and O–H groups in total. The van der Waals surface area contributed by atoms with E-state index in [1.165, 1.54) is 24.6 Å². The first-order valence-corrected chi connectivity index (χ1v) is 9.37. The van der Waals surface area contributed by atoms with Crippen molar-refractivity contribution in [1.29, 1.82) is 0 Å². The highest BCUT2D eigenvalue weighted by Crippen LogP contribution is 2.20. The van der Waals surface area contributed by atoms with Crippen LogP contribution in [0, 0.1) is 0 Å². The van der Waals surface area contributed by atoms with Gasteiger partial charge in [0.15, 0.2) is 5.16 Å². The molecule has 1 saturated heterocycles. The Bertz CT molecular complexity index is 619. The molecule has 2 aliphatic rings. The monoisotopic (exact) mass is 321 g/mol. The van der Waals surface area contributed by atoms with Gasteiger partial charge >= 0.3 is 0 Å². The van der Waals surface area contributed by atoms with Gasteiger partial charge in [0.2, 0.25) is 5.91 Å². The average Bonchev–Trinajstić information content (AvgIpc) is 2.82. The lowest BCUT2D eigenvalue weighted by molar-refractivity contribution is -0.132. The number of likely N-dealkylation sites (tertiary alicyclic amines) is 1. The van der Waals surface area contributed by atoms with E-state index >= 15 is 0 Å². The molecule has 1 aromatic rings. The minimum Gasteiger partial charge on any atom is -0.341 e. The zero-order valence-electron chi connectivity index (χ0n) is 13.1. The third-order valence-electron chi connectivity index (χ3n) is 4.59. The largest absolute Gasteiger partial charge is 0.341 e. The number of hydrogen-bond acceptors (Lipinski definition) is 4. The predicted molar refractivity (Wildman–Crippen MR) is 87.4 cm³/mol. The lowest BCUT2D eigenvalue weighted by atomic mass is 10.2. The van der Waals surface area contributed by atoms with E-state index in [4.69, 9.17) is 0 Å². The minimum atomic E-state index is -0.00461. The number of carbonyl (C=O) groups excluding carboxylic acids is 1. The summed E-state index contributed by atoms with van der Waals surface area (Å²) in [7, 11) is 0. The van der Waals surface area contributed by atoms with Gasteiger partial charge in [-0.25, -0.2) is 4.98 Å². The van der Waals surface area contributed by atoms with E-state index in [1.54, 1.807) is 4.57 Å². The van der Waals surface area contributed by atoms with Crippen molar-refractivity contribution in [3.63, 3.8) is 0 Å². The van der Waals surface area contributed by atoms with Gasteiger partial charge in [-0.05, 0) is 38.4 Å². The maximum Gasteiger partial charge on any atom is 0.258 e. The van der Waals surface area contributed by atoms with Gasteiger partial charge in [0.05, 0.1) is 5.69 Å². The first kappa shape index (κ1) is 15.6. The molecule has 120 valence electrons. The summed E-state index contributed by atoms with van der Waals surface area (Å²) < 4.78 is 1.59. The van der Waals surface area contributed by atoms with Gasteiger partial charge in [0, 0.05) is 18.7 Å². The molecule has 1 amide bonds. The minimum absolute atomic E-state index is 0.00461. The Labute approximate surface area is 135 Å². The van der Waals surface area contributed by atoms with Crippen LogP contribution in [-0.4, -0.2) is 39.7 Å². The fraction of sp³-hybridized carbons (Fsp3) is 0.688. The fourth-order valence-corrected chi connectivity index (χ4v) is 3.93. The molecule has 0 bridgehead atoms. The molecule has 5 nitrogen and oxygen atoms in total. The molecule has 2 heterocycles. The highest BCUT2D eigenvalue weighted by Gasteiger charge is 2.23. The summed E-state index contributed by atoms with van der Waals surface area (Å²) in [4.78, 5) is 31.8. The van der Waals surface area contributed by atoms with Gasteiger partial charge in [0.1, 0.15) is 6.54 Å². The average molecular weight is 321 g/mol. The normalized spacial score (nSPS) is 18.1. The van der Waals surface area contributed by atoms with Crippen LogP contribution in [-0.2, 0) is 24.2 Å². The van der Waals surface area contributed by atoms with Crippen molar-refractivity contribution in [1.82, 2.24) is 14.5 Å². The predicted octanol–water partition coefficient (Wildman–Crippen LogP) is 1.86. The van der Waals surface area contributed by atoms with E-state index in [0.29, 0.717) is 5.16 Å². The van der Waals surface area contributed by atoms with Gasteiger partial charge in [-0.3, -0.25) is 14.2 Å². The number of rotatable bonds is 3. The van der Waals surface area contributed by atoms with Crippen LogP contribution in [0.3, 0.4) is 0 Å². The Morgan fingerprint density at radius 3 is 2.55 bits per heavy atom. The molecule has 0 spiro atoms. The number of fused-ring (bicyclic) bond motifs is 1. The smallest absolute Gasteiger partial charge is 0.258 e. The number of thioether (sulfide) groups is 1. The third kappa shape index (κ3) is 3.07. The Balaban J connectivity index is 1.85. The standard InChI is InChI=1S/C16H23N3O2S/c1-22-16-17-13-8-6-7-12(13)15(21)19(16)11-14(20)18-9-4-2-3-5-10-18/h2-11H2,1H3. The summed E-state index contributed by atoms with van der Waals surface area (Å²) in [5.74, 6) is 0.0547. The number of amides is 1. The van der Waals surface area contributed by atoms with Gasteiger partial charge in [0.25, 0.3) is 5.56 Å². The third-order valence-corrected chi connectivity index (χ3v) is 5.27. The topological polar surface area (TPSA) is 55.2 Å². The van der Waals surface area contributed by atoms with Gasteiger partial charge in [-0.2, -0.15) is 0 Å². The van der Waals surface area contributed by atoms with Crippen LogP contribution in [0.1, 0.15) is 43.4 Å². The molecule has 0 aromatic carbocycles. The molecule has 1 aliphatic heterocycles. The first-order valence-electron chi connectivity index (χ1n) is 8.15. The highest BCUT2D eigenvalue weighted by molar-refractivity contribution is 7.98. The molecule has 0 saturated carbocycles. The van der Waals surface area contributed by atoms with Gasteiger partial charge in [-0.15, -0.1) is 0 Å². The molecule has 1 aromatic heterocycles. The molecule has 0 unspecified atom stereocenters. The second-order valence-electron chi connectivity index (χ2n) is 6.06. The molecular formula is C16H23N3O2S. The van der Waals surface area contributed by atoms with E-state index in [2.05, 4.69) is 4.98 Å². The number of aryl methyl sites for hydroxylation is 1. The van der Waals surface area contributed by atoms with Crippen molar-refractivity contribution < 1.29 is 4.79 Å². The van der Waals surface area contributed by atoms with Gasteiger partial charge < -0.3 is 4.90 Å².